The Hall–Kier alpha value is -1.13. The molecule has 1 aromatic rings. The Labute approximate surface area is 128 Å². The number of aromatic nitrogens is 1. The topological polar surface area (TPSA) is 37.4 Å². The number of nitrogens with one attached hydrogen (secondary N) is 1. The Balaban J connectivity index is 1.90. The summed E-state index contributed by atoms with van der Waals surface area (Å²) in [6, 6.07) is 4.27. The zero-order valence-electron chi connectivity index (χ0n) is 13.5. The first-order chi connectivity index (χ1) is 10.3. The molecule has 4 heteroatoms. The van der Waals surface area contributed by atoms with E-state index in [1.54, 1.807) is 0 Å². The lowest BCUT2D eigenvalue weighted by Gasteiger charge is -2.15. The fourth-order valence-corrected chi connectivity index (χ4v) is 2.74. The Morgan fingerprint density at radius 1 is 1.24 bits per heavy atom. The molecule has 4 nitrogen and oxygen atoms in total. The SMILES string of the molecule is CCCc1cc(CNCC)cc(OCCN2CCCC2)n1. The van der Waals surface area contributed by atoms with Gasteiger partial charge in [-0.1, -0.05) is 20.3 Å². The van der Waals surface area contributed by atoms with Crippen LogP contribution >= 0.6 is 0 Å². The van der Waals surface area contributed by atoms with Gasteiger partial charge in [0.2, 0.25) is 5.88 Å². The van der Waals surface area contributed by atoms with E-state index in [-0.39, 0.29) is 0 Å². The molecule has 118 valence electrons. The number of pyridine rings is 1. The van der Waals surface area contributed by atoms with Gasteiger partial charge in [-0.15, -0.1) is 0 Å². The molecular weight excluding hydrogens is 262 g/mol. The molecule has 2 rings (SSSR count). The van der Waals surface area contributed by atoms with E-state index in [1.165, 1.54) is 31.5 Å². The lowest BCUT2D eigenvalue weighted by Crippen LogP contribution is -2.25. The van der Waals surface area contributed by atoms with E-state index < -0.39 is 0 Å². The first kappa shape index (κ1) is 16.2. The van der Waals surface area contributed by atoms with Gasteiger partial charge in [0.1, 0.15) is 6.61 Å². The van der Waals surface area contributed by atoms with E-state index in [4.69, 9.17) is 4.74 Å². The summed E-state index contributed by atoms with van der Waals surface area (Å²) in [5.41, 5.74) is 2.41. The van der Waals surface area contributed by atoms with E-state index in [0.29, 0.717) is 0 Å². The van der Waals surface area contributed by atoms with Crippen LogP contribution in [0.1, 0.15) is 44.4 Å². The first-order valence-corrected chi connectivity index (χ1v) is 8.37. The standard InChI is InChI=1S/C17H29N3O/c1-3-7-16-12-15(14-18-4-2)13-17(19-16)21-11-10-20-8-5-6-9-20/h12-13,18H,3-11,14H2,1-2H3. The van der Waals surface area contributed by atoms with Gasteiger partial charge >= 0.3 is 0 Å². The number of aryl methyl sites for hydroxylation is 1. The van der Waals surface area contributed by atoms with Crippen LogP contribution in [0.25, 0.3) is 0 Å². The predicted octanol–water partition coefficient (Wildman–Crippen LogP) is 2.62. The molecule has 0 saturated carbocycles. The highest BCUT2D eigenvalue weighted by Gasteiger charge is 2.11. The van der Waals surface area contributed by atoms with Crippen LogP contribution in [0.5, 0.6) is 5.88 Å². The van der Waals surface area contributed by atoms with Crippen molar-refractivity contribution in [3.05, 3.63) is 23.4 Å². The Bertz CT molecular complexity index is 416. The van der Waals surface area contributed by atoms with Crippen molar-refractivity contribution in [2.45, 2.75) is 46.1 Å². The summed E-state index contributed by atoms with van der Waals surface area (Å²) in [5.74, 6) is 0.785. The van der Waals surface area contributed by atoms with Crippen molar-refractivity contribution in [1.82, 2.24) is 15.2 Å². The molecule has 0 amide bonds. The third-order valence-electron chi connectivity index (χ3n) is 3.86. The molecule has 1 aromatic heterocycles. The van der Waals surface area contributed by atoms with Crippen molar-refractivity contribution in [2.24, 2.45) is 0 Å². The summed E-state index contributed by atoms with van der Waals surface area (Å²) in [6.07, 6.45) is 4.79. The minimum absolute atomic E-state index is 0.739. The Kier molecular flexibility index (Phi) is 6.96. The summed E-state index contributed by atoms with van der Waals surface area (Å²) in [7, 11) is 0. The maximum Gasteiger partial charge on any atom is 0.213 e. The molecule has 0 bridgehead atoms. The predicted molar refractivity (Wildman–Crippen MR) is 86.8 cm³/mol. The van der Waals surface area contributed by atoms with Crippen molar-refractivity contribution in [1.29, 1.82) is 0 Å². The van der Waals surface area contributed by atoms with Crippen molar-refractivity contribution >= 4 is 0 Å². The second-order valence-electron chi connectivity index (χ2n) is 5.73. The molecule has 1 N–H and O–H groups in total. The van der Waals surface area contributed by atoms with Crippen molar-refractivity contribution in [3.63, 3.8) is 0 Å². The van der Waals surface area contributed by atoms with Gasteiger partial charge in [0, 0.05) is 24.8 Å². The van der Waals surface area contributed by atoms with Gasteiger partial charge < -0.3 is 10.1 Å². The molecule has 1 aliphatic heterocycles. The largest absolute Gasteiger partial charge is 0.476 e. The summed E-state index contributed by atoms with van der Waals surface area (Å²) >= 11 is 0. The van der Waals surface area contributed by atoms with E-state index in [1.807, 2.05) is 0 Å². The molecule has 2 heterocycles. The lowest BCUT2D eigenvalue weighted by molar-refractivity contribution is 0.231. The minimum atomic E-state index is 0.739. The third-order valence-corrected chi connectivity index (χ3v) is 3.86. The van der Waals surface area contributed by atoms with Crippen LogP contribution in [0, 0.1) is 0 Å². The van der Waals surface area contributed by atoms with Crippen LogP contribution in [0.4, 0.5) is 0 Å². The zero-order valence-corrected chi connectivity index (χ0v) is 13.5. The summed E-state index contributed by atoms with van der Waals surface area (Å²) in [5, 5.41) is 3.37. The second kappa shape index (κ2) is 9.00. The first-order valence-electron chi connectivity index (χ1n) is 8.37. The van der Waals surface area contributed by atoms with Gasteiger partial charge in [0.25, 0.3) is 0 Å². The Morgan fingerprint density at radius 2 is 2.05 bits per heavy atom. The number of hydrogen-bond acceptors (Lipinski definition) is 4. The molecule has 0 radical (unpaired) electrons. The molecule has 21 heavy (non-hydrogen) atoms. The third kappa shape index (κ3) is 5.64. The molecule has 0 spiro atoms. The highest BCUT2D eigenvalue weighted by atomic mass is 16.5. The van der Waals surface area contributed by atoms with Crippen LogP contribution in [0.2, 0.25) is 0 Å². The molecule has 1 fully saturated rings. The zero-order chi connectivity index (χ0) is 14.9. The monoisotopic (exact) mass is 291 g/mol. The van der Waals surface area contributed by atoms with Crippen molar-refractivity contribution in [2.75, 3.05) is 32.8 Å². The lowest BCUT2D eigenvalue weighted by atomic mass is 10.1. The summed E-state index contributed by atoms with van der Waals surface area (Å²) < 4.78 is 5.90. The number of nitrogens with zero attached hydrogens (tertiary/aromatic N) is 2. The van der Waals surface area contributed by atoms with Crippen molar-refractivity contribution in [3.8, 4) is 5.88 Å². The van der Waals surface area contributed by atoms with Gasteiger partial charge in [-0.05, 0) is 50.5 Å². The highest BCUT2D eigenvalue weighted by molar-refractivity contribution is 5.25. The molecule has 1 aliphatic rings. The maximum absolute atomic E-state index is 5.90. The van der Waals surface area contributed by atoms with Crippen LogP contribution in [0.15, 0.2) is 12.1 Å². The summed E-state index contributed by atoms with van der Waals surface area (Å²) in [4.78, 5) is 7.09. The van der Waals surface area contributed by atoms with Gasteiger partial charge in [0.15, 0.2) is 0 Å². The average Bonchev–Trinajstić information content (AvgIpc) is 2.99. The fraction of sp³-hybridized carbons (Fsp3) is 0.706. The van der Waals surface area contributed by atoms with Crippen LogP contribution in [-0.2, 0) is 13.0 Å². The Morgan fingerprint density at radius 3 is 2.76 bits per heavy atom. The molecular formula is C17H29N3O. The minimum Gasteiger partial charge on any atom is -0.476 e. The molecule has 0 aromatic carbocycles. The molecule has 1 saturated heterocycles. The molecule has 0 unspecified atom stereocenters. The van der Waals surface area contributed by atoms with E-state index in [9.17, 15) is 0 Å². The van der Waals surface area contributed by atoms with E-state index >= 15 is 0 Å². The van der Waals surface area contributed by atoms with Crippen LogP contribution in [0.3, 0.4) is 0 Å². The van der Waals surface area contributed by atoms with Crippen LogP contribution in [-0.4, -0.2) is 42.7 Å². The number of likely N-dealkylation sites (tertiary alicyclic amines) is 1. The highest BCUT2D eigenvalue weighted by Crippen LogP contribution is 2.15. The average molecular weight is 291 g/mol. The second-order valence-corrected chi connectivity index (χ2v) is 5.73. The molecule has 0 atom stereocenters. The number of rotatable bonds is 9. The number of ether oxygens (including phenoxy) is 1. The van der Waals surface area contributed by atoms with Gasteiger partial charge in [-0.3, -0.25) is 4.90 Å². The normalized spacial score (nSPS) is 15.5. The summed E-state index contributed by atoms with van der Waals surface area (Å²) in [6.45, 7) is 10.4. The van der Waals surface area contributed by atoms with Gasteiger partial charge in [-0.25, -0.2) is 4.98 Å². The maximum atomic E-state index is 5.90. The van der Waals surface area contributed by atoms with E-state index in [2.05, 4.69) is 41.2 Å². The van der Waals surface area contributed by atoms with Gasteiger partial charge in [-0.2, -0.15) is 0 Å². The van der Waals surface area contributed by atoms with Crippen molar-refractivity contribution < 1.29 is 4.74 Å². The van der Waals surface area contributed by atoms with E-state index in [0.717, 1.165) is 50.7 Å². The fourth-order valence-electron chi connectivity index (χ4n) is 2.74. The molecule has 0 aliphatic carbocycles. The number of hydrogen-bond donors (Lipinski definition) is 1. The smallest absolute Gasteiger partial charge is 0.213 e. The van der Waals surface area contributed by atoms with Crippen LogP contribution < -0.4 is 10.1 Å². The quantitative estimate of drug-likeness (QED) is 0.759. The van der Waals surface area contributed by atoms with Gasteiger partial charge in [0.05, 0.1) is 0 Å².